The van der Waals surface area contributed by atoms with Gasteiger partial charge in [-0.05, 0) is 31.0 Å². The molecule has 0 heterocycles. The van der Waals surface area contributed by atoms with Gasteiger partial charge in [-0.2, -0.15) is 0 Å². The first-order valence-electron chi connectivity index (χ1n) is 7.48. The summed E-state index contributed by atoms with van der Waals surface area (Å²) in [5, 5.41) is 2.70. The Kier molecular flexibility index (Phi) is 5.51. The molecule has 0 bridgehead atoms. The van der Waals surface area contributed by atoms with Crippen molar-refractivity contribution in [3.8, 4) is 5.75 Å². The van der Waals surface area contributed by atoms with Gasteiger partial charge in [0.05, 0.1) is 0 Å². The minimum Gasteiger partial charge on any atom is -0.487 e. The predicted molar refractivity (Wildman–Crippen MR) is 89.3 cm³/mol. The number of ether oxygens (including phenoxy) is 1. The Balaban J connectivity index is 2.15. The second kappa shape index (κ2) is 7.40. The fourth-order valence-corrected chi connectivity index (χ4v) is 2.16. The molecule has 0 aromatic heterocycles. The molecular weight excluding hydrogens is 314 g/mol. The number of nitrogens with two attached hydrogens (primary N) is 1. The van der Waals surface area contributed by atoms with Gasteiger partial charge in [-0.25, -0.2) is 8.78 Å². The zero-order valence-corrected chi connectivity index (χ0v) is 13.6. The normalized spacial score (nSPS) is 13.4. The first kappa shape index (κ1) is 17.9. The van der Waals surface area contributed by atoms with E-state index in [2.05, 4.69) is 5.32 Å². The molecule has 0 spiro atoms. The average molecular weight is 334 g/mol. The summed E-state index contributed by atoms with van der Waals surface area (Å²) in [6.45, 7) is 2.65. The van der Waals surface area contributed by atoms with Crippen LogP contribution in [-0.2, 0) is 10.3 Å². The van der Waals surface area contributed by atoms with E-state index in [0.29, 0.717) is 22.6 Å². The maximum Gasteiger partial charge on any atom is 0.272 e. The lowest BCUT2D eigenvalue weighted by atomic mass is 9.92. The second-order valence-electron chi connectivity index (χ2n) is 5.70. The van der Waals surface area contributed by atoms with Gasteiger partial charge in [0, 0.05) is 11.8 Å². The minimum atomic E-state index is -2.56. The lowest BCUT2D eigenvalue weighted by Crippen LogP contribution is -2.45. The first-order valence-corrected chi connectivity index (χ1v) is 7.48. The van der Waals surface area contributed by atoms with Crippen molar-refractivity contribution in [2.75, 3.05) is 11.9 Å². The lowest BCUT2D eigenvalue weighted by molar-refractivity contribution is -0.120. The molecule has 6 heteroatoms. The number of halogens is 2. The number of hydrogen-bond donors (Lipinski definition) is 2. The van der Waals surface area contributed by atoms with Crippen molar-refractivity contribution < 1.29 is 18.3 Å². The van der Waals surface area contributed by atoms with Gasteiger partial charge in [-0.3, -0.25) is 4.79 Å². The molecule has 2 aromatic carbocycles. The largest absolute Gasteiger partial charge is 0.487 e. The molecular formula is C18H20F2N2O2. The van der Waals surface area contributed by atoms with Crippen molar-refractivity contribution in [1.82, 2.24) is 0 Å². The number of aryl methyl sites for hydroxylation is 1. The van der Waals surface area contributed by atoms with Crippen LogP contribution in [0.25, 0.3) is 0 Å². The number of amides is 1. The number of rotatable bonds is 6. The Hall–Kier alpha value is -2.47. The summed E-state index contributed by atoms with van der Waals surface area (Å²) >= 11 is 0. The number of anilines is 1. The van der Waals surface area contributed by atoms with Crippen LogP contribution >= 0.6 is 0 Å². The molecule has 0 aliphatic carbocycles. The highest BCUT2D eigenvalue weighted by molar-refractivity contribution is 5.98. The zero-order valence-electron chi connectivity index (χ0n) is 13.6. The van der Waals surface area contributed by atoms with Crippen molar-refractivity contribution in [2.24, 2.45) is 5.73 Å². The molecule has 24 heavy (non-hydrogen) atoms. The van der Waals surface area contributed by atoms with Crippen LogP contribution in [0.4, 0.5) is 14.5 Å². The number of nitrogens with one attached hydrogen (secondary N) is 1. The summed E-state index contributed by atoms with van der Waals surface area (Å²) in [5.41, 5.74) is 6.73. The van der Waals surface area contributed by atoms with Gasteiger partial charge >= 0.3 is 0 Å². The summed E-state index contributed by atoms with van der Waals surface area (Å²) in [4.78, 5) is 12.5. The molecule has 4 nitrogen and oxygen atoms in total. The molecule has 0 saturated carbocycles. The summed E-state index contributed by atoms with van der Waals surface area (Å²) in [6.07, 6.45) is -2.56. The molecule has 1 amide bonds. The van der Waals surface area contributed by atoms with Crippen LogP contribution < -0.4 is 15.8 Å². The fraction of sp³-hybridized carbons (Fsp3) is 0.278. The van der Waals surface area contributed by atoms with E-state index in [1.807, 2.05) is 6.07 Å². The van der Waals surface area contributed by atoms with Crippen molar-refractivity contribution in [3.63, 3.8) is 0 Å². The maximum atomic E-state index is 12.5. The highest BCUT2D eigenvalue weighted by Crippen LogP contribution is 2.25. The van der Waals surface area contributed by atoms with Crippen LogP contribution in [0, 0.1) is 6.92 Å². The SMILES string of the molecule is Cc1ccc(NC(=O)C(C)(N)c2ccccc2)cc1OCC(F)F. The van der Waals surface area contributed by atoms with Gasteiger partial charge in [0.2, 0.25) is 5.91 Å². The molecule has 0 saturated heterocycles. The van der Waals surface area contributed by atoms with E-state index >= 15 is 0 Å². The Morgan fingerprint density at radius 3 is 2.54 bits per heavy atom. The molecule has 1 atom stereocenters. The molecule has 2 rings (SSSR count). The quantitative estimate of drug-likeness (QED) is 0.850. The third-order valence-electron chi connectivity index (χ3n) is 3.66. The molecule has 0 aliphatic heterocycles. The fourth-order valence-electron chi connectivity index (χ4n) is 2.16. The van der Waals surface area contributed by atoms with Gasteiger partial charge < -0.3 is 15.8 Å². The summed E-state index contributed by atoms with van der Waals surface area (Å²) in [5.74, 6) is -0.108. The van der Waals surface area contributed by atoms with Crippen LogP contribution in [0.2, 0.25) is 0 Å². The number of carbonyl (C=O) groups is 1. The van der Waals surface area contributed by atoms with Crippen LogP contribution in [-0.4, -0.2) is 18.9 Å². The monoisotopic (exact) mass is 334 g/mol. The Bertz CT molecular complexity index is 703. The number of hydrogen-bond acceptors (Lipinski definition) is 3. The van der Waals surface area contributed by atoms with Crippen LogP contribution in [0.3, 0.4) is 0 Å². The highest BCUT2D eigenvalue weighted by atomic mass is 19.3. The average Bonchev–Trinajstić information content (AvgIpc) is 2.56. The molecule has 0 fully saturated rings. The van der Waals surface area contributed by atoms with Gasteiger partial charge in [0.1, 0.15) is 17.9 Å². The maximum absolute atomic E-state index is 12.5. The third kappa shape index (κ3) is 4.29. The van der Waals surface area contributed by atoms with E-state index in [0.717, 1.165) is 0 Å². The minimum absolute atomic E-state index is 0.298. The highest BCUT2D eigenvalue weighted by Gasteiger charge is 2.30. The number of benzene rings is 2. The summed E-state index contributed by atoms with van der Waals surface area (Å²) in [7, 11) is 0. The van der Waals surface area contributed by atoms with Crippen LogP contribution in [0.1, 0.15) is 18.1 Å². The second-order valence-corrected chi connectivity index (χ2v) is 5.70. The third-order valence-corrected chi connectivity index (χ3v) is 3.66. The van der Waals surface area contributed by atoms with Gasteiger partial charge in [-0.1, -0.05) is 36.4 Å². The van der Waals surface area contributed by atoms with E-state index in [4.69, 9.17) is 10.5 Å². The molecule has 128 valence electrons. The summed E-state index contributed by atoms with van der Waals surface area (Å²) < 4.78 is 29.6. The van der Waals surface area contributed by atoms with E-state index < -0.39 is 24.5 Å². The van der Waals surface area contributed by atoms with Gasteiger partial charge in [0.25, 0.3) is 6.43 Å². The van der Waals surface area contributed by atoms with Crippen LogP contribution in [0.15, 0.2) is 48.5 Å². The first-order chi connectivity index (χ1) is 11.3. The van der Waals surface area contributed by atoms with Crippen molar-refractivity contribution >= 4 is 11.6 Å². The Morgan fingerprint density at radius 1 is 1.25 bits per heavy atom. The molecule has 0 radical (unpaired) electrons. The molecule has 2 aromatic rings. The summed E-state index contributed by atoms with van der Waals surface area (Å²) in [6, 6.07) is 13.8. The van der Waals surface area contributed by atoms with Crippen molar-refractivity contribution in [3.05, 3.63) is 59.7 Å². The van der Waals surface area contributed by atoms with E-state index in [9.17, 15) is 13.6 Å². The van der Waals surface area contributed by atoms with E-state index in [1.54, 1.807) is 50.2 Å². The van der Waals surface area contributed by atoms with Gasteiger partial charge in [0.15, 0.2) is 0 Å². The number of carbonyl (C=O) groups excluding carboxylic acids is 1. The Labute approximate surface area is 139 Å². The van der Waals surface area contributed by atoms with Gasteiger partial charge in [-0.15, -0.1) is 0 Å². The smallest absolute Gasteiger partial charge is 0.272 e. The van der Waals surface area contributed by atoms with Crippen LogP contribution in [0.5, 0.6) is 5.75 Å². The molecule has 0 aliphatic rings. The lowest BCUT2D eigenvalue weighted by Gasteiger charge is -2.24. The van der Waals surface area contributed by atoms with E-state index in [1.165, 1.54) is 6.07 Å². The molecule has 1 unspecified atom stereocenters. The van der Waals surface area contributed by atoms with Crippen molar-refractivity contribution in [1.29, 1.82) is 0 Å². The van der Waals surface area contributed by atoms with E-state index in [-0.39, 0.29) is 0 Å². The standard InChI is InChI=1S/C18H20F2N2O2/c1-12-8-9-14(10-15(12)24-11-16(19)20)22-17(23)18(2,21)13-6-4-3-5-7-13/h3-10,16H,11,21H2,1-2H3,(H,22,23). The predicted octanol–water partition coefficient (Wildman–Crippen LogP) is 3.45. The topological polar surface area (TPSA) is 64.4 Å². The molecule has 3 N–H and O–H groups in total. The number of alkyl halides is 2. The zero-order chi connectivity index (χ0) is 17.7. The van der Waals surface area contributed by atoms with Crippen molar-refractivity contribution in [2.45, 2.75) is 25.8 Å². The Morgan fingerprint density at radius 2 is 1.92 bits per heavy atom.